The molecule has 1 aliphatic rings. The van der Waals surface area contributed by atoms with Gasteiger partial charge in [0.25, 0.3) is 0 Å². The highest BCUT2D eigenvalue weighted by atomic mass is 32.2. The highest BCUT2D eigenvalue weighted by Gasteiger charge is 2.16. The molecule has 1 N–H and O–H groups in total. The van der Waals surface area contributed by atoms with Gasteiger partial charge >= 0.3 is 0 Å². The molecular weight excluding hydrogens is 322 g/mol. The highest BCUT2D eigenvalue weighted by Crippen LogP contribution is 2.32. The number of benzene rings is 2. The van der Waals surface area contributed by atoms with Crippen molar-refractivity contribution in [2.75, 3.05) is 18.5 Å². The summed E-state index contributed by atoms with van der Waals surface area (Å²) in [7, 11) is 0. The van der Waals surface area contributed by atoms with Gasteiger partial charge in [0.2, 0.25) is 5.91 Å². The maximum Gasteiger partial charge on any atom is 0.237 e. The van der Waals surface area contributed by atoms with Crippen molar-refractivity contribution in [3.8, 4) is 11.5 Å². The van der Waals surface area contributed by atoms with Crippen molar-refractivity contribution in [3.05, 3.63) is 53.6 Å². The minimum atomic E-state index is -0.141. The highest BCUT2D eigenvalue weighted by molar-refractivity contribution is 7.99. The fourth-order valence-electron chi connectivity index (χ4n) is 2.43. The average Bonchev–Trinajstić information content (AvgIpc) is 2.60. The van der Waals surface area contributed by atoms with Crippen LogP contribution in [0.5, 0.6) is 11.5 Å². The zero-order valence-corrected chi connectivity index (χ0v) is 14.7. The summed E-state index contributed by atoms with van der Waals surface area (Å²) in [5.74, 6) is 2.22. The first kappa shape index (κ1) is 16.7. The number of hydrogen-bond donors (Lipinski definition) is 1. The second-order valence-electron chi connectivity index (χ2n) is 5.73. The molecule has 0 radical (unpaired) electrons. The summed E-state index contributed by atoms with van der Waals surface area (Å²) in [6.45, 7) is 5.12. The number of rotatable bonds is 5. The van der Waals surface area contributed by atoms with Crippen LogP contribution >= 0.6 is 11.8 Å². The van der Waals surface area contributed by atoms with Crippen LogP contribution in [0.25, 0.3) is 0 Å². The second kappa shape index (κ2) is 7.62. The van der Waals surface area contributed by atoms with Gasteiger partial charge in [0, 0.05) is 17.5 Å². The molecule has 0 bridgehead atoms. The minimum absolute atomic E-state index is 0.00902. The maximum absolute atomic E-state index is 12.4. The number of anilines is 1. The van der Waals surface area contributed by atoms with E-state index >= 15 is 0 Å². The van der Waals surface area contributed by atoms with Crippen molar-refractivity contribution in [1.82, 2.24) is 0 Å². The molecule has 5 heteroatoms. The Bertz CT molecular complexity index is 732. The molecule has 2 aromatic rings. The van der Waals surface area contributed by atoms with E-state index in [9.17, 15) is 4.79 Å². The number of ether oxygens (including phenoxy) is 2. The molecule has 1 amide bonds. The van der Waals surface area contributed by atoms with E-state index < -0.39 is 0 Å². The lowest BCUT2D eigenvalue weighted by Gasteiger charge is -2.19. The average molecular weight is 343 g/mol. The number of fused-ring (bicyclic) bond motifs is 1. The molecule has 0 aliphatic carbocycles. The molecule has 4 nitrogen and oxygen atoms in total. The summed E-state index contributed by atoms with van der Waals surface area (Å²) < 4.78 is 11.0. The Hall–Kier alpha value is -2.14. The quantitative estimate of drug-likeness (QED) is 0.890. The van der Waals surface area contributed by atoms with Crippen molar-refractivity contribution in [1.29, 1.82) is 0 Å². The Balaban J connectivity index is 1.57. The third-order valence-electron chi connectivity index (χ3n) is 3.93. The van der Waals surface area contributed by atoms with Crippen LogP contribution in [-0.4, -0.2) is 24.4 Å². The zero-order chi connectivity index (χ0) is 16.9. The Morgan fingerprint density at radius 2 is 1.92 bits per heavy atom. The van der Waals surface area contributed by atoms with Gasteiger partial charge in [-0.2, -0.15) is 0 Å². The van der Waals surface area contributed by atoms with Gasteiger partial charge in [-0.05, 0) is 37.1 Å². The van der Waals surface area contributed by atoms with E-state index in [1.54, 1.807) is 11.8 Å². The summed E-state index contributed by atoms with van der Waals surface area (Å²) in [6.07, 6.45) is 0. The summed E-state index contributed by atoms with van der Waals surface area (Å²) >= 11 is 1.63. The summed E-state index contributed by atoms with van der Waals surface area (Å²) in [4.78, 5) is 12.4. The SMILES string of the molecule is Cc1ccccc1CSC(C)C(=O)Nc1ccc2c(c1)OCCO2. The molecule has 1 aliphatic heterocycles. The lowest BCUT2D eigenvalue weighted by atomic mass is 10.1. The smallest absolute Gasteiger partial charge is 0.237 e. The number of thioether (sulfide) groups is 1. The second-order valence-corrected chi connectivity index (χ2v) is 7.06. The van der Waals surface area contributed by atoms with E-state index in [4.69, 9.17) is 9.47 Å². The van der Waals surface area contributed by atoms with Gasteiger partial charge in [-0.15, -0.1) is 11.8 Å². The molecule has 1 atom stereocenters. The normalized spacial score (nSPS) is 14.1. The van der Waals surface area contributed by atoms with E-state index in [1.807, 2.05) is 37.3 Å². The largest absolute Gasteiger partial charge is 0.486 e. The molecular formula is C19H21NO3S. The standard InChI is InChI=1S/C19H21NO3S/c1-13-5-3-4-6-15(13)12-24-14(2)19(21)20-16-7-8-17-18(11-16)23-10-9-22-17/h3-8,11,14H,9-10,12H2,1-2H3,(H,20,21). The van der Waals surface area contributed by atoms with E-state index in [0.29, 0.717) is 19.0 Å². The van der Waals surface area contributed by atoms with Crippen LogP contribution < -0.4 is 14.8 Å². The molecule has 126 valence electrons. The van der Waals surface area contributed by atoms with Gasteiger partial charge in [-0.25, -0.2) is 0 Å². The fourth-order valence-corrected chi connectivity index (χ4v) is 3.39. The van der Waals surface area contributed by atoms with Crippen molar-refractivity contribution in [2.24, 2.45) is 0 Å². The van der Waals surface area contributed by atoms with Crippen LogP contribution in [0.4, 0.5) is 5.69 Å². The van der Waals surface area contributed by atoms with Crippen molar-refractivity contribution >= 4 is 23.4 Å². The van der Waals surface area contributed by atoms with Crippen LogP contribution in [0, 0.1) is 6.92 Å². The summed E-state index contributed by atoms with van der Waals surface area (Å²) in [6, 6.07) is 13.7. The van der Waals surface area contributed by atoms with Crippen LogP contribution in [0.1, 0.15) is 18.1 Å². The predicted octanol–water partition coefficient (Wildman–Crippen LogP) is 4.03. The molecule has 3 rings (SSSR count). The minimum Gasteiger partial charge on any atom is -0.486 e. The number of aryl methyl sites for hydroxylation is 1. The lowest BCUT2D eigenvalue weighted by Crippen LogP contribution is -2.23. The number of nitrogens with one attached hydrogen (secondary N) is 1. The van der Waals surface area contributed by atoms with Crippen molar-refractivity contribution in [3.63, 3.8) is 0 Å². The summed E-state index contributed by atoms with van der Waals surface area (Å²) in [5.41, 5.74) is 3.25. The van der Waals surface area contributed by atoms with E-state index in [-0.39, 0.29) is 11.2 Å². The fraction of sp³-hybridized carbons (Fsp3) is 0.316. The molecule has 0 aromatic heterocycles. The number of hydrogen-bond acceptors (Lipinski definition) is 4. The van der Waals surface area contributed by atoms with Gasteiger partial charge in [-0.1, -0.05) is 24.3 Å². The third kappa shape index (κ3) is 4.03. The molecule has 0 saturated heterocycles. The first-order valence-electron chi connectivity index (χ1n) is 8.00. The third-order valence-corrected chi connectivity index (χ3v) is 5.12. The number of carbonyl (C=O) groups excluding carboxylic acids is 1. The molecule has 0 saturated carbocycles. The van der Waals surface area contributed by atoms with Crippen molar-refractivity contribution in [2.45, 2.75) is 24.9 Å². The van der Waals surface area contributed by atoms with Gasteiger partial charge in [0.05, 0.1) is 5.25 Å². The number of carbonyl (C=O) groups is 1. The molecule has 1 heterocycles. The molecule has 0 fully saturated rings. The van der Waals surface area contributed by atoms with Crippen molar-refractivity contribution < 1.29 is 14.3 Å². The molecule has 24 heavy (non-hydrogen) atoms. The van der Waals surface area contributed by atoms with E-state index in [2.05, 4.69) is 24.4 Å². The maximum atomic E-state index is 12.4. The Labute approximate surface area is 146 Å². The van der Waals surface area contributed by atoms with Gasteiger partial charge in [-0.3, -0.25) is 4.79 Å². The Kier molecular flexibility index (Phi) is 5.30. The monoisotopic (exact) mass is 343 g/mol. The number of amides is 1. The predicted molar refractivity (Wildman–Crippen MR) is 98.0 cm³/mol. The van der Waals surface area contributed by atoms with Crippen LogP contribution in [0.15, 0.2) is 42.5 Å². The van der Waals surface area contributed by atoms with Gasteiger partial charge in [0.15, 0.2) is 11.5 Å². The lowest BCUT2D eigenvalue weighted by molar-refractivity contribution is -0.115. The van der Waals surface area contributed by atoms with E-state index in [0.717, 1.165) is 17.2 Å². The van der Waals surface area contributed by atoms with Crippen LogP contribution in [0.3, 0.4) is 0 Å². The Morgan fingerprint density at radius 1 is 1.17 bits per heavy atom. The van der Waals surface area contributed by atoms with Crippen LogP contribution in [0.2, 0.25) is 0 Å². The summed E-state index contributed by atoms with van der Waals surface area (Å²) in [5, 5.41) is 2.81. The van der Waals surface area contributed by atoms with E-state index in [1.165, 1.54) is 11.1 Å². The molecule has 0 spiro atoms. The first-order valence-corrected chi connectivity index (χ1v) is 9.05. The Morgan fingerprint density at radius 3 is 2.71 bits per heavy atom. The van der Waals surface area contributed by atoms with Gasteiger partial charge < -0.3 is 14.8 Å². The van der Waals surface area contributed by atoms with Gasteiger partial charge in [0.1, 0.15) is 13.2 Å². The molecule has 1 unspecified atom stereocenters. The van der Waals surface area contributed by atoms with Crippen LogP contribution in [-0.2, 0) is 10.5 Å². The topological polar surface area (TPSA) is 47.6 Å². The zero-order valence-electron chi connectivity index (χ0n) is 13.9. The molecule has 2 aromatic carbocycles. The first-order chi connectivity index (χ1) is 11.6.